The molecule has 0 aliphatic carbocycles. The van der Waals surface area contributed by atoms with Gasteiger partial charge in [0.05, 0.1) is 0 Å². The van der Waals surface area contributed by atoms with Crippen molar-refractivity contribution in [3.8, 4) is 0 Å². The Labute approximate surface area is 105 Å². The van der Waals surface area contributed by atoms with Gasteiger partial charge in [-0.3, -0.25) is 4.79 Å². The molecule has 1 nitrogen and oxygen atoms in total. The molecule has 0 radical (unpaired) electrons. The Bertz CT molecular complexity index is 327. The predicted octanol–water partition coefficient (Wildman–Crippen LogP) is 4.26. The van der Waals surface area contributed by atoms with E-state index in [-0.39, 0.29) is 0 Å². The fourth-order valence-electron chi connectivity index (χ4n) is 1.78. The molecule has 0 heterocycles. The average Bonchev–Trinajstić information content (AvgIpc) is 2.34. The van der Waals surface area contributed by atoms with Gasteiger partial charge in [0.15, 0.2) is 0 Å². The Balaban J connectivity index is 2.22. The Morgan fingerprint density at radius 2 is 1.71 bits per heavy atom. The maximum absolute atomic E-state index is 11.7. The molecule has 1 unspecified atom stereocenters. The van der Waals surface area contributed by atoms with Crippen LogP contribution in [0.1, 0.15) is 45.6 Å². The van der Waals surface area contributed by atoms with E-state index in [1.165, 1.54) is 5.56 Å². The molecule has 0 aliphatic heterocycles. The highest BCUT2D eigenvalue weighted by Gasteiger charge is 2.10. The van der Waals surface area contributed by atoms with Gasteiger partial charge < -0.3 is 0 Å². The van der Waals surface area contributed by atoms with Crippen molar-refractivity contribution in [1.29, 1.82) is 0 Å². The summed E-state index contributed by atoms with van der Waals surface area (Å²) in [6, 6.07) is 10.2. The Morgan fingerprint density at radius 1 is 1.06 bits per heavy atom. The highest BCUT2D eigenvalue weighted by molar-refractivity contribution is 5.78. The minimum absolute atomic E-state index is 0.404. The van der Waals surface area contributed by atoms with Gasteiger partial charge in [-0.15, -0.1) is 0 Å². The number of aryl methyl sites for hydroxylation is 1. The Hall–Kier alpha value is -1.11. The lowest BCUT2D eigenvalue weighted by molar-refractivity contribution is -0.119. The Morgan fingerprint density at radius 3 is 2.29 bits per heavy atom. The Kier molecular flexibility index (Phi) is 5.96. The number of hydrogen-bond acceptors (Lipinski definition) is 1. The van der Waals surface area contributed by atoms with Gasteiger partial charge in [0.25, 0.3) is 0 Å². The zero-order valence-electron chi connectivity index (χ0n) is 11.3. The van der Waals surface area contributed by atoms with Crippen LogP contribution in [-0.2, 0) is 11.2 Å². The summed E-state index contributed by atoms with van der Waals surface area (Å²) in [5.74, 6) is 1.73. The quantitative estimate of drug-likeness (QED) is 0.686. The van der Waals surface area contributed by atoms with Gasteiger partial charge in [0.1, 0.15) is 5.78 Å². The molecule has 0 aliphatic rings. The van der Waals surface area contributed by atoms with Gasteiger partial charge in [0, 0.05) is 12.8 Å². The molecule has 1 rings (SSSR count). The molecule has 0 saturated carbocycles. The van der Waals surface area contributed by atoms with Crippen LogP contribution in [0.25, 0.3) is 0 Å². The standard InChI is InChI=1S/C16H24O/c1-13(2)14(3)9-11-16(17)12-10-15-7-5-4-6-8-15/h4-8,13-14H,9-12H2,1-3H3. The number of ketones is 1. The first-order chi connectivity index (χ1) is 8.09. The lowest BCUT2D eigenvalue weighted by atomic mass is 9.91. The van der Waals surface area contributed by atoms with E-state index in [4.69, 9.17) is 0 Å². The van der Waals surface area contributed by atoms with Crippen LogP contribution in [-0.4, -0.2) is 5.78 Å². The van der Waals surface area contributed by atoms with E-state index in [2.05, 4.69) is 32.9 Å². The zero-order chi connectivity index (χ0) is 12.7. The number of carbonyl (C=O) groups is 1. The van der Waals surface area contributed by atoms with Crippen LogP contribution in [0, 0.1) is 11.8 Å². The number of Topliss-reactive ketones (excluding diaryl/α,β-unsaturated/α-hetero) is 1. The average molecular weight is 232 g/mol. The van der Waals surface area contributed by atoms with Crippen molar-refractivity contribution < 1.29 is 4.79 Å². The van der Waals surface area contributed by atoms with Gasteiger partial charge in [0.2, 0.25) is 0 Å². The van der Waals surface area contributed by atoms with E-state index in [0.29, 0.717) is 24.0 Å². The van der Waals surface area contributed by atoms with Crippen LogP contribution in [0.3, 0.4) is 0 Å². The summed E-state index contributed by atoms with van der Waals surface area (Å²) in [6.07, 6.45) is 3.35. The van der Waals surface area contributed by atoms with E-state index >= 15 is 0 Å². The molecule has 17 heavy (non-hydrogen) atoms. The van der Waals surface area contributed by atoms with Crippen LogP contribution in [0.5, 0.6) is 0 Å². The molecule has 1 aromatic rings. The van der Waals surface area contributed by atoms with Crippen molar-refractivity contribution in [3.05, 3.63) is 35.9 Å². The molecule has 0 saturated heterocycles. The summed E-state index contributed by atoms with van der Waals surface area (Å²) >= 11 is 0. The molecule has 0 spiro atoms. The fraction of sp³-hybridized carbons (Fsp3) is 0.562. The highest BCUT2D eigenvalue weighted by Crippen LogP contribution is 2.16. The summed E-state index contributed by atoms with van der Waals surface area (Å²) < 4.78 is 0. The smallest absolute Gasteiger partial charge is 0.133 e. The van der Waals surface area contributed by atoms with Crippen LogP contribution in [0.15, 0.2) is 30.3 Å². The van der Waals surface area contributed by atoms with Crippen molar-refractivity contribution in [2.45, 2.75) is 46.5 Å². The molecular formula is C16H24O. The number of benzene rings is 1. The molecule has 0 amide bonds. The third kappa shape index (κ3) is 5.67. The summed E-state index contributed by atoms with van der Waals surface area (Å²) in [6.45, 7) is 6.67. The second-order valence-corrected chi connectivity index (χ2v) is 5.28. The predicted molar refractivity (Wildman–Crippen MR) is 73.0 cm³/mol. The summed E-state index contributed by atoms with van der Waals surface area (Å²) in [5.41, 5.74) is 1.26. The molecule has 0 aromatic heterocycles. The van der Waals surface area contributed by atoms with E-state index in [1.54, 1.807) is 0 Å². The summed E-state index contributed by atoms with van der Waals surface area (Å²) in [7, 11) is 0. The van der Waals surface area contributed by atoms with Crippen molar-refractivity contribution in [2.75, 3.05) is 0 Å². The van der Waals surface area contributed by atoms with Crippen LogP contribution in [0.4, 0.5) is 0 Å². The first-order valence-corrected chi connectivity index (χ1v) is 6.65. The molecule has 1 atom stereocenters. The second-order valence-electron chi connectivity index (χ2n) is 5.28. The topological polar surface area (TPSA) is 17.1 Å². The number of carbonyl (C=O) groups excluding carboxylic acids is 1. The van der Waals surface area contributed by atoms with Gasteiger partial charge in [-0.1, -0.05) is 51.1 Å². The lowest BCUT2D eigenvalue weighted by Gasteiger charge is -2.14. The number of hydrogen-bond donors (Lipinski definition) is 0. The van der Waals surface area contributed by atoms with Crippen LogP contribution in [0.2, 0.25) is 0 Å². The van der Waals surface area contributed by atoms with Gasteiger partial charge >= 0.3 is 0 Å². The lowest BCUT2D eigenvalue weighted by Crippen LogP contribution is -2.08. The largest absolute Gasteiger partial charge is 0.300 e. The summed E-state index contributed by atoms with van der Waals surface area (Å²) in [4.78, 5) is 11.7. The van der Waals surface area contributed by atoms with Crippen LogP contribution >= 0.6 is 0 Å². The van der Waals surface area contributed by atoms with Crippen molar-refractivity contribution in [3.63, 3.8) is 0 Å². The number of rotatable bonds is 7. The maximum atomic E-state index is 11.7. The van der Waals surface area contributed by atoms with Crippen molar-refractivity contribution in [2.24, 2.45) is 11.8 Å². The minimum Gasteiger partial charge on any atom is -0.300 e. The monoisotopic (exact) mass is 232 g/mol. The SMILES string of the molecule is CC(C)C(C)CCC(=O)CCc1ccccc1. The van der Waals surface area contributed by atoms with E-state index < -0.39 is 0 Å². The first-order valence-electron chi connectivity index (χ1n) is 6.65. The van der Waals surface area contributed by atoms with Crippen LogP contribution < -0.4 is 0 Å². The fourth-order valence-corrected chi connectivity index (χ4v) is 1.78. The van der Waals surface area contributed by atoms with E-state index in [0.717, 1.165) is 19.3 Å². The van der Waals surface area contributed by atoms with E-state index in [9.17, 15) is 4.79 Å². The van der Waals surface area contributed by atoms with Gasteiger partial charge in [-0.2, -0.15) is 0 Å². The van der Waals surface area contributed by atoms with Gasteiger partial charge in [-0.25, -0.2) is 0 Å². The molecule has 94 valence electrons. The van der Waals surface area contributed by atoms with Crippen molar-refractivity contribution >= 4 is 5.78 Å². The zero-order valence-corrected chi connectivity index (χ0v) is 11.3. The second kappa shape index (κ2) is 7.26. The third-order valence-corrected chi connectivity index (χ3v) is 3.55. The molecule has 0 bridgehead atoms. The molecular weight excluding hydrogens is 208 g/mol. The molecule has 0 N–H and O–H groups in total. The minimum atomic E-state index is 0.404. The molecule has 1 heteroatoms. The maximum Gasteiger partial charge on any atom is 0.133 e. The van der Waals surface area contributed by atoms with Gasteiger partial charge in [-0.05, 0) is 30.2 Å². The highest BCUT2D eigenvalue weighted by atomic mass is 16.1. The summed E-state index contributed by atoms with van der Waals surface area (Å²) in [5, 5.41) is 0. The third-order valence-electron chi connectivity index (χ3n) is 3.55. The van der Waals surface area contributed by atoms with Crippen molar-refractivity contribution in [1.82, 2.24) is 0 Å². The first kappa shape index (κ1) is 14.0. The van der Waals surface area contributed by atoms with E-state index in [1.807, 2.05) is 18.2 Å². The normalized spacial score (nSPS) is 12.7. The molecule has 1 aromatic carbocycles. The molecule has 0 fully saturated rings.